The zero-order valence-electron chi connectivity index (χ0n) is 9.65. The Labute approximate surface area is 102 Å². The third-order valence-electron chi connectivity index (χ3n) is 2.05. The number of benzene rings is 1. The Balaban J connectivity index is 3.05. The van der Waals surface area contributed by atoms with Gasteiger partial charge in [-0.15, -0.1) is 0 Å². The zero-order chi connectivity index (χ0) is 13.5. The molecule has 0 aliphatic carbocycles. The van der Waals surface area contributed by atoms with Crippen molar-refractivity contribution >= 4 is 5.91 Å². The second kappa shape index (κ2) is 6.75. The van der Waals surface area contributed by atoms with Gasteiger partial charge in [-0.1, -0.05) is 6.07 Å². The molecule has 0 radical (unpaired) electrons. The van der Waals surface area contributed by atoms with E-state index in [0.29, 0.717) is 0 Å². The van der Waals surface area contributed by atoms with Gasteiger partial charge in [0.05, 0.1) is 19.3 Å². The van der Waals surface area contributed by atoms with E-state index in [0.717, 1.165) is 0 Å². The lowest BCUT2D eigenvalue weighted by molar-refractivity contribution is -0.0515. The molecule has 100 valence electrons. The third-order valence-corrected chi connectivity index (χ3v) is 2.05. The van der Waals surface area contributed by atoms with Gasteiger partial charge in [0, 0.05) is 6.54 Å². The molecule has 0 aliphatic heterocycles. The van der Waals surface area contributed by atoms with E-state index in [-0.39, 0.29) is 30.2 Å². The number of alkyl halides is 2. The Kier molecular flexibility index (Phi) is 5.31. The van der Waals surface area contributed by atoms with E-state index in [1.165, 1.54) is 25.3 Å². The average molecular weight is 261 g/mol. The summed E-state index contributed by atoms with van der Waals surface area (Å²) >= 11 is 0. The van der Waals surface area contributed by atoms with Crippen molar-refractivity contribution in [1.82, 2.24) is 5.32 Å². The lowest BCUT2D eigenvalue weighted by Crippen LogP contribution is -2.27. The molecule has 1 rings (SSSR count). The minimum Gasteiger partial charge on any atom is -0.493 e. The highest BCUT2D eigenvalue weighted by molar-refractivity contribution is 5.97. The molecule has 0 atom stereocenters. The highest BCUT2D eigenvalue weighted by Crippen LogP contribution is 2.32. The van der Waals surface area contributed by atoms with Crippen molar-refractivity contribution in [3.8, 4) is 11.5 Å². The molecule has 1 amide bonds. The lowest BCUT2D eigenvalue weighted by Gasteiger charge is -2.13. The Morgan fingerprint density at radius 2 is 2.22 bits per heavy atom. The summed E-state index contributed by atoms with van der Waals surface area (Å²) in [5.74, 6) is -0.920. The fourth-order valence-electron chi connectivity index (χ4n) is 1.33. The third kappa shape index (κ3) is 3.56. The first-order chi connectivity index (χ1) is 8.60. The largest absolute Gasteiger partial charge is 0.493 e. The molecule has 0 saturated carbocycles. The smallest absolute Gasteiger partial charge is 0.387 e. The number of amides is 1. The van der Waals surface area contributed by atoms with Gasteiger partial charge in [-0.2, -0.15) is 8.78 Å². The highest BCUT2D eigenvalue weighted by atomic mass is 19.3. The van der Waals surface area contributed by atoms with Gasteiger partial charge in [0.15, 0.2) is 11.5 Å². The fraction of sp³-hybridized carbons (Fsp3) is 0.364. The topological polar surface area (TPSA) is 67.8 Å². The van der Waals surface area contributed by atoms with Crippen LogP contribution in [0.5, 0.6) is 11.5 Å². The van der Waals surface area contributed by atoms with E-state index in [4.69, 9.17) is 9.84 Å². The average Bonchev–Trinajstić information content (AvgIpc) is 2.35. The summed E-state index contributed by atoms with van der Waals surface area (Å²) in [6.07, 6.45) is 0. The number of ether oxygens (including phenoxy) is 2. The van der Waals surface area contributed by atoms with Gasteiger partial charge in [-0.25, -0.2) is 0 Å². The number of hydrogen-bond acceptors (Lipinski definition) is 4. The summed E-state index contributed by atoms with van der Waals surface area (Å²) in [7, 11) is 1.28. The van der Waals surface area contributed by atoms with Gasteiger partial charge in [-0.3, -0.25) is 4.79 Å². The summed E-state index contributed by atoms with van der Waals surface area (Å²) in [5, 5.41) is 10.9. The van der Waals surface area contributed by atoms with Crippen LogP contribution in [0, 0.1) is 0 Å². The van der Waals surface area contributed by atoms with Crippen LogP contribution in [0.2, 0.25) is 0 Å². The molecule has 0 bridgehead atoms. The van der Waals surface area contributed by atoms with Crippen LogP contribution in [0.1, 0.15) is 10.4 Å². The number of carbonyl (C=O) groups is 1. The number of rotatable bonds is 6. The highest BCUT2D eigenvalue weighted by Gasteiger charge is 2.19. The first-order valence-electron chi connectivity index (χ1n) is 5.11. The van der Waals surface area contributed by atoms with Crippen LogP contribution < -0.4 is 14.8 Å². The second-order valence-corrected chi connectivity index (χ2v) is 3.19. The molecule has 0 unspecified atom stereocenters. The van der Waals surface area contributed by atoms with E-state index in [1.54, 1.807) is 0 Å². The van der Waals surface area contributed by atoms with Crippen molar-refractivity contribution in [1.29, 1.82) is 0 Å². The Morgan fingerprint density at radius 3 is 2.78 bits per heavy atom. The number of aliphatic hydroxyl groups is 1. The quantitative estimate of drug-likeness (QED) is 0.802. The Bertz CT molecular complexity index is 412. The van der Waals surface area contributed by atoms with E-state index >= 15 is 0 Å². The number of nitrogens with one attached hydrogen (secondary N) is 1. The molecule has 1 aromatic rings. The normalized spacial score (nSPS) is 10.3. The maximum Gasteiger partial charge on any atom is 0.387 e. The van der Waals surface area contributed by atoms with Crippen LogP contribution in [0.4, 0.5) is 8.78 Å². The first-order valence-corrected chi connectivity index (χ1v) is 5.11. The molecule has 18 heavy (non-hydrogen) atoms. The van der Waals surface area contributed by atoms with Crippen molar-refractivity contribution in [2.24, 2.45) is 0 Å². The van der Waals surface area contributed by atoms with Crippen molar-refractivity contribution in [3.63, 3.8) is 0 Å². The standard InChI is InChI=1S/C11H13F2NO4/c1-17-8-4-2-3-7(9(8)18-11(12)13)10(16)14-5-6-15/h2-4,11,15H,5-6H2,1H3,(H,14,16). The predicted molar refractivity (Wildman–Crippen MR) is 59.0 cm³/mol. The van der Waals surface area contributed by atoms with Crippen LogP contribution in [0.3, 0.4) is 0 Å². The number of aliphatic hydroxyl groups excluding tert-OH is 1. The van der Waals surface area contributed by atoms with Crippen LogP contribution in [-0.4, -0.2) is 37.9 Å². The molecule has 0 aromatic heterocycles. The van der Waals surface area contributed by atoms with Crippen LogP contribution in [0.15, 0.2) is 18.2 Å². The fourth-order valence-corrected chi connectivity index (χ4v) is 1.33. The molecule has 0 spiro atoms. The number of carbonyl (C=O) groups excluding carboxylic acids is 1. The second-order valence-electron chi connectivity index (χ2n) is 3.19. The number of methoxy groups -OCH3 is 1. The van der Waals surface area contributed by atoms with Gasteiger partial charge < -0.3 is 19.9 Å². The molecule has 0 heterocycles. The molecular weight excluding hydrogens is 248 g/mol. The zero-order valence-corrected chi connectivity index (χ0v) is 9.65. The van der Waals surface area contributed by atoms with E-state index in [9.17, 15) is 13.6 Å². The first kappa shape index (κ1) is 14.2. The maximum absolute atomic E-state index is 12.3. The van der Waals surface area contributed by atoms with Gasteiger partial charge >= 0.3 is 6.61 Å². The number of hydrogen-bond donors (Lipinski definition) is 2. The molecular formula is C11H13F2NO4. The molecule has 0 saturated heterocycles. The Hall–Kier alpha value is -1.89. The van der Waals surface area contributed by atoms with Crippen molar-refractivity contribution in [2.45, 2.75) is 6.61 Å². The summed E-state index contributed by atoms with van der Waals surface area (Å²) in [5.41, 5.74) is -0.0805. The molecule has 5 nitrogen and oxygen atoms in total. The lowest BCUT2D eigenvalue weighted by atomic mass is 10.1. The van der Waals surface area contributed by atoms with E-state index in [1.807, 2.05) is 0 Å². The predicted octanol–water partition coefficient (Wildman–Crippen LogP) is 1.02. The van der Waals surface area contributed by atoms with E-state index < -0.39 is 12.5 Å². The van der Waals surface area contributed by atoms with Crippen molar-refractivity contribution in [2.75, 3.05) is 20.3 Å². The molecule has 0 aliphatic rings. The molecule has 7 heteroatoms. The molecule has 1 aromatic carbocycles. The van der Waals surface area contributed by atoms with Crippen LogP contribution in [0.25, 0.3) is 0 Å². The van der Waals surface area contributed by atoms with Gasteiger partial charge in [0.2, 0.25) is 0 Å². The van der Waals surface area contributed by atoms with Crippen LogP contribution in [-0.2, 0) is 0 Å². The monoisotopic (exact) mass is 261 g/mol. The Morgan fingerprint density at radius 1 is 1.50 bits per heavy atom. The maximum atomic E-state index is 12.3. The summed E-state index contributed by atoms with van der Waals surface area (Å²) < 4.78 is 33.7. The van der Waals surface area contributed by atoms with E-state index in [2.05, 4.69) is 10.1 Å². The van der Waals surface area contributed by atoms with Crippen LogP contribution >= 0.6 is 0 Å². The number of para-hydroxylation sites is 1. The molecule has 0 fully saturated rings. The number of halogens is 2. The summed E-state index contributed by atoms with van der Waals surface area (Å²) in [6.45, 7) is -3.30. The van der Waals surface area contributed by atoms with Crippen molar-refractivity contribution < 1.29 is 28.2 Å². The SMILES string of the molecule is COc1cccc(C(=O)NCCO)c1OC(F)F. The van der Waals surface area contributed by atoms with Gasteiger partial charge in [0.1, 0.15) is 0 Å². The summed E-state index contributed by atoms with van der Waals surface area (Å²) in [4.78, 5) is 11.7. The van der Waals surface area contributed by atoms with Gasteiger partial charge in [0.25, 0.3) is 5.91 Å². The summed E-state index contributed by atoms with van der Waals surface area (Å²) in [6, 6.07) is 4.21. The van der Waals surface area contributed by atoms with Gasteiger partial charge in [-0.05, 0) is 12.1 Å². The van der Waals surface area contributed by atoms with Crippen molar-refractivity contribution in [3.05, 3.63) is 23.8 Å². The minimum atomic E-state index is -3.06. The minimum absolute atomic E-state index is 0.0180. The molecule has 2 N–H and O–H groups in total.